The first-order valence-electron chi connectivity index (χ1n) is 12.6. The lowest BCUT2D eigenvalue weighted by Gasteiger charge is -2.31. The summed E-state index contributed by atoms with van der Waals surface area (Å²) in [5, 5.41) is 8.74. The van der Waals surface area contributed by atoms with E-state index in [1.165, 1.54) is 32.1 Å². The van der Waals surface area contributed by atoms with Crippen molar-refractivity contribution < 1.29 is 9.59 Å². The van der Waals surface area contributed by atoms with E-state index < -0.39 is 0 Å². The topological polar surface area (TPSA) is 61.4 Å². The molecule has 1 saturated heterocycles. The molecule has 34 heavy (non-hydrogen) atoms. The predicted molar refractivity (Wildman–Crippen MR) is 138 cm³/mol. The van der Waals surface area contributed by atoms with Gasteiger partial charge in [-0.2, -0.15) is 0 Å². The average molecular weight is 456 g/mol. The summed E-state index contributed by atoms with van der Waals surface area (Å²) < 4.78 is 0. The highest BCUT2D eigenvalue weighted by atomic mass is 16.2. The first-order valence-corrected chi connectivity index (χ1v) is 12.6. The molecule has 3 aromatic rings. The summed E-state index contributed by atoms with van der Waals surface area (Å²) in [4.78, 5) is 27.9. The molecule has 0 aromatic heterocycles. The minimum atomic E-state index is -0.0726. The number of fused-ring (bicyclic) bond motifs is 1. The number of amides is 2. The summed E-state index contributed by atoms with van der Waals surface area (Å²) >= 11 is 0. The molecule has 1 aliphatic carbocycles. The van der Waals surface area contributed by atoms with Crippen molar-refractivity contribution in [1.29, 1.82) is 0 Å². The number of hydrogen-bond donors (Lipinski definition) is 2. The van der Waals surface area contributed by atoms with E-state index in [-0.39, 0.29) is 17.7 Å². The molecule has 176 valence electrons. The lowest BCUT2D eigenvalue weighted by atomic mass is 9.94. The fourth-order valence-corrected chi connectivity index (χ4v) is 5.30. The largest absolute Gasteiger partial charge is 0.382 e. The fourth-order valence-electron chi connectivity index (χ4n) is 5.30. The van der Waals surface area contributed by atoms with Crippen molar-refractivity contribution in [1.82, 2.24) is 4.90 Å². The van der Waals surface area contributed by atoms with Gasteiger partial charge < -0.3 is 15.5 Å². The molecule has 0 spiro atoms. The highest BCUT2D eigenvalue weighted by Gasteiger charge is 2.28. The van der Waals surface area contributed by atoms with Gasteiger partial charge >= 0.3 is 0 Å². The van der Waals surface area contributed by atoms with Gasteiger partial charge in [0.2, 0.25) is 5.91 Å². The van der Waals surface area contributed by atoms with Gasteiger partial charge in [0.05, 0.1) is 0 Å². The molecule has 2 amide bonds. The second-order valence-electron chi connectivity index (χ2n) is 9.64. The zero-order valence-corrected chi connectivity index (χ0v) is 19.6. The third-order valence-electron chi connectivity index (χ3n) is 7.30. The predicted octanol–water partition coefficient (Wildman–Crippen LogP) is 6.08. The van der Waals surface area contributed by atoms with Crippen LogP contribution < -0.4 is 10.6 Å². The van der Waals surface area contributed by atoms with E-state index in [1.54, 1.807) is 0 Å². The molecule has 2 N–H and O–H groups in total. The molecule has 0 unspecified atom stereocenters. The Morgan fingerprint density at radius 2 is 1.41 bits per heavy atom. The minimum Gasteiger partial charge on any atom is -0.382 e. The van der Waals surface area contributed by atoms with Crippen molar-refractivity contribution in [2.45, 2.75) is 51.0 Å². The second-order valence-corrected chi connectivity index (χ2v) is 9.64. The Morgan fingerprint density at radius 1 is 0.735 bits per heavy atom. The van der Waals surface area contributed by atoms with Gasteiger partial charge in [-0.25, -0.2) is 0 Å². The van der Waals surface area contributed by atoms with Gasteiger partial charge in [0.1, 0.15) is 0 Å². The summed E-state index contributed by atoms with van der Waals surface area (Å²) in [6.07, 6.45) is 7.80. The van der Waals surface area contributed by atoms with Crippen molar-refractivity contribution in [3.8, 4) is 0 Å². The third kappa shape index (κ3) is 5.09. The standard InChI is InChI=1S/C29H33N3O2/c33-28(31-25-15-13-24(14-16-25)30-23-9-2-1-3-10-23)22-17-19-32(20-18-22)29(34)27-12-6-8-21-7-4-5-11-26(21)27/h4-8,11-16,22-23,30H,1-3,9-10,17-20H2,(H,31,33). The zero-order valence-electron chi connectivity index (χ0n) is 19.6. The smallest absolute Gasteiger partial charge is 0.254 e. The van der Waals surface area contributed by atoms with Crippen LogP contribution in [0.3, 0.4) is 0 Å². The molecule has 0 bridgehead atoms. The number of piperidine rings is 1. The molecule has 2 fully saturated rings. The summed E-state index contributed by atoms with van der Waals surface area (Å²) in [6.45, 7) is 1.20. The number of carbonyl (C=O) groups excluding carboxylic acids is 2. The van der Waals surface area contributed by atoms with E-state index in [9.17, 15) is 9.59 Å². The van der Waals surface area contributed by atoms with Gasteiger partial charge in [0.15, 0.2) is 0 Å². The van der Waals surface area contributed by atoms with Crippen LogP contribution in [0.5, 0.6) is 0 Å². The van der Waals surface area contributed by atoms with Crippen LogP contribution in [-0.4, -0.2) is 35.8 Å². The van der Waals surface area contributed by atoms with Gasteiger partial charge in [-0.05, 0) is 66.8 Å². The second kappa shape index (κ2) is 10.3. The zero-order chi connectivity index (χ0) is 23.3. The first-order chi connectivity index (χ1) is 16.7. The number of nitrogens with zero attached hydrogens (tertiary/aromatic N) is 1. The third-order valence-corrected chi connectivity index (χ3v) is 7.30. The molecule has 1 aliphatic heterocycles. The van der Waals surface area contributed by atoms with Crippen molar-refractivity contribution in [2.24, 2.45) is 5.92 Å². The molecular formula is C29H33N3O2. The van der Waals surface area contributed by atoms with E-state index in [0.717, 1.165) is 27.7 Å². The summed E-state index contributed by atoms with van der Waals surface area (Å²) in [5.41, 5.74) is 2.68. The molecule has 0 radical (unpaired) electrons. The molecule has 1 heterocycles. The number of likely N-dealkylation sites (tertiary alicyclic amines) is 1. The van der Waals surface area contributed by atoms with Gasteiger partial charge in [-0.1, -0.05) is 55.7 Å². The van der Waals surface area contributed by atoms with Crippen molar-refractivity contribution in [3.05, 3.63) is 72.3 Å². The van der Waals surface area contributed by atoms with Crippen LogP contribution in [0.4, 0.5) is 11.4 Å². The van der Waals surface area contributed by atoms with Gasteiger partial charge in [-0.15, -0.1) is 0 Å². The fraction of sp³-hybridized carbons (Fsp3) is 0.379. The highest BCUT2D eigenvalue weighted by Crippen LogP contribution is 2.26. The Kier molecular flexibility index (Phi) is 6.79. The monoisotopic (exact) mass is 455 g/mol. The van der Waals surface area contributed by atoms with Gasteiger partial charge in [0, 0.05) is 42.0 Å². The highest BCUT2D eigenvalue weighted by molar-refractivity contribution is 6.07. The number of anilines is 2. The lowest BCUT2D eigenvalue weighted by molar-refractivity contribution is -0.121. The Labute approximate surface area is 201 Å². The van der Waals surface area contributed by atoms with E-state index in [4.69, 9.17) is 0 Å². The molecule has 5 nitrogen and oxygen atoms in total. The number of rotatable bonds is 5. The van der Waals surface area contributed by atoms with Crippen LogP contribution in [0.15, 0.2) is 66.7 Å². The maximum Gasteiger partial charge on any atom is 0.254 e. The van der Waals surface area contributed by atoms with Crippen molar-refractivity contribution in [3.63, 3.8) is 0 Å². The normalized spacial score (nSPS) is 17.5. The molecule has 0 atom stereocenters. The maximum absolute atomic E-state index is 13.2. The lowest BCUT2D eigenvalue weighted by Crippen LogP contribution is -2.41. The van der Waals surface area contributed by atoms with Crippen molar-refractivity contribution >= 4 is 34.0 Å². The molecule has 1 saturated carbocycles. The van der Waals surface area contributed by atoms with Crippen LogP contribution in [0.25, 0.3) is 10.8 Å². The van der Waals surface area contributed by atoms with Crippen LogP contribution in [0.2, 0.25) is 0 Å². The van der Waals surface area contributed by atoms with Crippen LogP contribution in [0.1, 0.15) is 55.3 Å². The molecule has 5 rings (SSSR count). The van der Waals surface area contributed by atoms with Crippen molar-refractivity contribution in [2.75, 3.05) is 23.7 Å². The van der Waals surface area contributed by atoms with Crippen LogP contribution in [0, 0.1) is 5.92 Å². The molecule has 5 heteroatoms. The number of hydrogen-bond acceptors (Lipinski definition) is 3. The number of nitrogens with one attached hydrogen (secondary N) is 2. The van der Waals surface area contributed by atoms with Gasteiger partial charge in [-0.3, -0.25) is 9.59 Å². The minimum absolute atomic E-state index is 0.0465. The first kappa shape index (κ1) is 22.5. The quantitative estimate of drug-likeness (QED) is 0.490. The Bertz CT molecular complexity index is 1140. The Balaban J connectivity index is 1.14. The number of carbonyl (C=O) groups is 2. The average Bonchev–Trinajstić information content (AvgIpc) is 2.90. The molecule has 2 aliphatic rings. The van der Waals surface area contributed by atoms with Gasteiger partial charge in [0.25, 0.3) is 5.91 Å². The Morgan fingerprint density at radius 3 is 2.18 bits per heavy atom. The molecular weight excluding hydrogens is 422 g/mol. The van der Waals surface area contributed by atoms with E-state index in [1.807, 2.05) is 59.5 Å². The SMILES string of the molecule is O=C(Nc1ccc(NC2CCCCC2)cc1)C1CCN(C(=O)c2cccc3ccccc23)CC1. The number of benzene rings is 3. The summed E-state index contributed by atoms with van der Waals surface area (Å²) in [7, 11) is 0. The maximum atomic E-state index is 13.2. The van der Waals surface area contributed by atoms with Crippen LogP contribution in [-0.2, 0) is 4.79 Å². The van der Waals surface area contributed by atoms with E-state index in [0.29, 0.717) is 32.0 Å². The molecule has 3 aromatic carbocycles. The summed E-state index contributed by atoms with van der Waals surface area (Å²) in [5.74, 6) is 0.0265. The van der Waals surface area contributed by atoms with E-state index >= 15 is 0 Å². The summed E-state index contributed by atoms with van der Waals surface area (Å²) in [6, 6.07) is 22.5. The van der Waals surface area contributed by atoms with Crippen LogP contribution >= 0.6 is 0 Å². The Hall–Kier alpha value is -3.34. The van der Waals surface area contributed by atoms with E-state index in [2.05, 4.69) is 22.8 Å².